The highest BCUT2D eigenvalue weighted by molar-refractivity contribution is 6.37. The van der Waals surface area contributed by atoms with Gasteiger partial charge in [-0.05, 0) is 22.6 Å². The van der Waals surface area contributed by atoms with Gasteiger partial charge in [0, 0.05) is 7.05 Å². The van der Waals surface area contributed by atoms with Crippen molar-refractivity contribution < 1.29 is 32.2 Å². The average Bonchev–Trinajstić information content (AvgIpc) is 2.94. The molecule has 0 fully saturated rings. The van der Waals surface area contributed by atoms with Crippen LogP contribution >= 0.6 is 11.6 Å². The van der Waals surface area contributed by atoms with Gasteiger partial charge in [0.1, 0.15) is 5.69 Å². The summed E-state index contributed by atoms with van der Waals surface area (Å²) in [5, 5.41) is 14.1. The molecule has 26 heavy (non-hydrogen) atoms. The first-order valence-electron chi connectivity index (χ1n) is 6.59. The number of halogens is 4. The standard InChI is InChI=1S/C12H10ClF3N6O4/c1-22-10(19-20-21-22)18-9(23)5-3-4-6(26-12(14,15)16)8(7(5)13)17-11(24)25-2/h3-4H,1-2H3,(H,17,24)(H,18,19,21,23). The summed E-state index contributed by atoms with van der Waals surface area (Å²) in [4.78, 5) is 23.7. The highest BCUT2D eigenvalue weighted by atomic mass is 35.5. The summed E-state index contributed by atoms with van der Waals surface area (Å²) in [7, 11) is 2.44. The smallest absolute Gasteiger partial charge is 0.453 e. The number of benzene rings is 1. The van der Waals surface area contributed by atoms with Gasteiger partial charge < -0.3 is 9.47 Å². The molecular weight excluding hydrogens is 385 g/mol. The molecule has 0 unspecified atom stereocenters. The van der Waals surface area contributed by atoms with Crippen LogP contribution in [0, 0.1) is 0 Å². The average molecular weight is 395 g/mol. The molecule has 1 aromatic carbocycles. The molecule has 0 saturated carbocycles. The van der Waals surface area contributed by atoms with E-state index in [0.717, 1.165) is 23.9 Å². The number of carbonyl (C=O) groups is 2. The number of anilines is 2. The van der Waals surface area contributed by atoms with Crippen molar-refractivity contribution in [3.63, 3.8) is 0 Å². The van der Waals surface area contributed by atoms with Gasteiger partial charge in [-0.1, -0.05) is 16.7 Å². The van der Waals surface area contributed by atoms with E-state index in [2.05, 4.69) is 30.3 Å². The summed E-state index contributed by atoms with van der Waals surface area (Å²) in [6.07, 6.45) is -6.17. The molecule has 0 atom stereocenters. The maximum atomic E-state index is 12.5. The van der Waals surface area contributed by atoms with Gasteiger partial charge in [-0.3, -0.25) is 15.4 Å². The minimum atomic E-state index is -5.05. The zero-order valence-corrected chi connectivity index (χ0v) is 13.8. The highest BCUT2D eigenvalue weighted by Gasteiger charge is 2.33. The molecule has 2 aromatic rings. The van der Waals surface area contributed by atoms with Crippen LogP contribution in [-0.4, -0.2) is 45.7 Å². The molecule has 0 aliphatic heterocycles. The molecule has 1 aromatic heterocycles. The number of aryl methyl sites for hydroxylation is 1. The zero-order valence-electron chi connectivity index (χ0n) is 13.1. The topological polar surface area (TPSA) is 120 Å². The van der Waals surface area contributed by atoms with E-state index in [0.29, 0.717) is 0 Å². The van der Waals surface area contributed by atoms with Gasteiger partial charge in [0.25, 0.3) is 5.91 Å². The van der Waals surface area contributed by atoms with Gasteiger partial charge in [-0.2, -0.15) is 0 Å². The van der Waals surface area contributed by atoms with Crippen LogP contribution in [0.25, 0.3) is 0 Å². The molecule has 0 spiro atoms. The van der Waals surface area contributed by atoms with Crippen LogP contribution in [0.4, 0.5) is 29.6 Å². The lowest BCUT2D eigenvalue weighted by molar-refractivity contribution is -0.274. The molecule has 10 nitrogen and oxygen atoms in total. The Balaban J connectivity index is 2.41. The first-order chi connectivity index (χ1) is 12.1. The van der Waals surface area contributed by atoms with Crippen molar-refractivity contribution in [3.8, 4) is 5.75 Å². The third-order valence-electron chi connectivity index (χ3n) is 2.83. The van der Waals surface area contributed by atoms with Crippen molar-refractivity contribution in [2.45, 2.75) is 6.36 Å². The van der Waals surface area contributed by atoms with E-state index >= 15 is 0 Å². The molecule has 1 heterocycles. The number of hydrogen-bond donors (Lipinski definition) is 2. The highest BCUT2D eigenvalue weighted by Crippen LogP contribution is 2.38. The molecule has 140 valence electrons. The third kappa shape index (κ3) is 4.50. The maximum Gasteiger partial charge on any atom is 0.573 e. The minimum Gasteiger partial charge on any atom is -0.453 e. The van der Waals surface area contributed by atoms with Crippen molar-refractivity contribution in [2.24, 2.45) is 7.05 Å². The van der Waals surface area contributed by atoms with E-state index in [1.807, 2.05) is 5.32 Å². The van der Waals surface area contributed by atoms with E-state index in [9.17, 15) is 22.8 Å². The van der Waals surface area contributed by atoms with Crippen LogP contribution in [0.15, 0.2) is 12.1 Å². The normalized spacial score (nSPS) is 11.0. The molecule has 2 N–H and O–H groups in total. The zero-order chi connectivity index (χ0) is 19.5. The van der Waals surface area contributed by atoms with E-state index < -0.39 is 34.8 Å². The van der Waals surface area contributed by atoms with Crippen molar-refractivity contribution in [1.82, 2.24) is 20.2 Å². The number of nitrogens with one attached hydrogen (secondary N) is 2. The quantitative estimate of drug-likeness (QED) is 0.815. The van der Waals surface area contributed by atoms with Gasteiger partial charge in [0.15, 0.2) is 5.75 Å². The molecule has 0 aliphatic carbocycles. The maximum absolute atomic E-state index is 12.5. The summed E-state index contributed by atoms with van der Waals surface area (Å²) in [5.74, 6) is -1.70. The first kappa shape index (κ1) is 19.2. The monoisotopic (exact) mass is 394 g/mol. The summed E-state index contributed by atoms with van der Waals surface area (Å²) in [6.45, 7) is 0. The lowest BCUT2D eigenvalue weighted by atomic mass is 10.1. The fourth-order valence-electron chi connectivity index (χ4n) is 1.72. The number of rotatable bonds is 4. The third-order valence-corrected chi connectivity index (χ3v) is 3.22. The number of ether oxygens (including phenoxy) is 2. The van der Waals surface area contributed by atoms with Crippen molar-refractivity contribution >= 4 is 35.2 Å². The molecule has 0 saturated heterocycles. The molecule has 0 aliphatic rings. The summed E-state index contributed by atoms with van der Waals surface area (Å²) >= 11 is 5.98. The molecule has 0 radical (unpaired) electrons. The van der Waals surface area contributed by atoms with Crippen LogP contribution in [0.2, 0.25) is 5.02 Å². The number of amides is 2. The number of alkyl halides is 3. The number of carbonyl (C=O) groups excluding carboxylic acids is 2. The number of nitrogens with zero attached hydrogens (tertiary/aromatic N) is 4. The Bertz CT molecular complexity index is 841. The predicted octanol–water partition coefficient (Wildman–Crippen LogP) is 2.19. The van der Waals surface area contributed by atoms with Crippen molar-refractivity contribution in [2.75, 3.05) is 17.7 Å². The van der Waals surface area contributed by atoms with Gasteiger partial charge >= 0.3 is 12.5 Å². The largest absolute Gasteiger partial charge is 0.573 e. The molecular formula is C12H10ClF3N6O4. The van der Waals surface area contributed by atoms with E-state index in [-0.39, 0.29) is 11.5 Å². The van der Waals surface area contributed by atoms with Crippen LogP contribution in [0.3, 0.4) is 0 Å². The number of hydrogen-bond acceptors (Lipinski definition) is 7. The Morgan fingerprint density at radius 2 is 1.96 bits per heavy atom. The lowest BCUT2D eigenvalue weighted by Gasteiger charge is -2.16. The second kappa shape index (κ2) is 7.43. The number of tetrazole rings is 1. The van der Waals surface area contributed by atoms with Gasteiger partial charge in [0.05, 0.1) is 17.7 Å². The molecule has 2 rings (SSSR count). The molecule has 2 amide bonds. The van der Waals surface area contributed by atoms with Crippen molar-refractivity contribution in [3.05, 3.63) is 22.7 Å². The van der Waals surface area contributed by atoms with Gasteiger partial charge in [-0.15, -0.1) is 13.2 Å². The van der Waals surface area contributed by atoms with Crippen molar-refractivity contribution in [1.29, 1.82) is 0 Å². The first-order valence-corrected chi connectivity index (χ1v) is 6.97. The Morgan fingerprint density at radius 3 is 2.50 bits per heavy atom. The summed E-state index contributed by atoms with van der Waals surface area (Å²) in [6, 6.07) is 1.79. The van der Waals surface area contributed by atoms with E-state index in [1.54, 1.807) is 0 Å². The van der Waals surface area contributed by atoms with Crippen LogP contribution in [0.1, 0.15) is 10.4 Å². The predicted molar refractivity (Wildman–Crippen MR) is 80.9 cm³/mol. The molecule has 14 heteroatoms. The molecule has 0 bridgehead atoms. The second-order valence-corrected chi connectivity index (χ2v) is 4.92. The number of aromatic nitrogens is 4. The van der Waals surface area contributed by atoms with Gasteiger partial charge in [-0.25, -0.2) is 9.48 Å². The Labute approximate surface area is 148 Å². The lowest BCUT2D eigenvalue weighted by Crippen LogP contribution is -2.21. The fraction of sp³-hybridized carbons (Fsp3) is 0.250. The van der Waals surface area contributed by atoms with E-state index in [4.69, 9.17) is 11.6 Å². The summed E-state index contributed by atoms with van der Waals surface area (Å²) in [5.41, 5.74) is -0.866. The second-order valence-electron chi connectivity index (χ2n) is 4.54. The van der Waals surface area contributed by atoms with Crippen LogP contribution in [-0.2, 0) is 11.8 Å². The Hall–Kier alpha value is -3.09. The Kier molecular flexibility index (Phi) is 5.50. The summed E-state index contributed by atoms with van der Waals surface area (Å²) < 4.78 is 46.8. The Morgan fingerprint density at radius 1 is 1.27 bits per heavy atom. The SMILES string of the molecule is COC(=O)Nc1c(OC(F)(F)F)ccc(C(=O)Nc2nnnn2C)c1Cl. The number of methoxy groups -OCH3 is 1. The fourth-order valence-corrected chi connectivity index (χ4v) is 2.01. The minimum absolute atomic E-state index is 0.0378. The van der Waals surface area contributed by atoms with E-state index in [1.165, 1.54) is 7.05 Å². The van der Waals surface area contributed by atoms with Crippen LogP contribution in [0.5, 0.6) is 5.75 Å². The van der Waals surface area contributed by atoms with Gasteiger partial charge in [0.2, 0.25) is 5.95 Å². The van der Waals surface area contributed by atoms with Crippen LogP contribution < -0.4 is 15.4 Å².